The molecule has 0 bridgehead atoms. The maximum atomic E-state index is 12.7. The van der Waals surface area contributed by atoms with Crippen LogP contribution in [0.15, 0.2) is 11.4 Å². The summed E-state index contributed by atoms with van der Waals surface area (Å²) in [5.41, 5.74) is 1.27. The van der Waals surface area contributed by atoms with Gasteiger partial charge in [0.1, 0.15) is 12.4 Å². The van der Waals surface area contributed by atoms with Crippen LogP contribution in [-0.4, -0.2) is 39.4 Å². The summed E-state index contributed by atoms with van der Waals surface area (Å²) < 4.78 is 7.01. The summed E-state index contributed by atoms with van der Waals surface area (Å²) in [6.45, 7) is 2.71. The molecule has 24 heavy (non-hydrogen) atoms. The summed E-state index contributed by atoms with van der Waals surface area (Å²) in [7, 11) is 1.63. The lowest BCUT2D eigenvalue weighted by Crippen LogP contribution is -2.44. The average molecular weight is 347 g/mol. The minimum Gasteiger partial charge on any atom is -0.377 e. The van der Waals surface area contributed by atoms with E-state index in [0.717, 1.165) is 38.2 Å². The van der Waals surface area contributed by atoms with Crippen molar-refractivity contribution in [2.24, 2.45) is 0 Å². The van der Waals surface area contributed by atoms with Gasteiger partial charge in [-0.15, -0.1) is 11.3 Å². The number of aromatic nitrogens is 3. The normalized spacial score (nSPS) is 19.7. The summed E-state index contributed by atoms with van der Waals surface area (Å²) in [6, 6.07) is 2.03. The van der Waals surface area contributed by atoms with Gasteiger partial charge in [-0.1, -0.05) is 0 Å². The van der Waals surface area contributed by atoms with Crippen LogP contribution in [0.2, 0.25) is 0 Å². The molecule has 2 aliphatic rings. The van der Waals surface area contributed by atoms with Crippen molar-refractivity contribution in [2.75, 3.05) is 13.7 Å². The third-order valence-corrected chi connectivity index (χ3v) is 5.61. The van der Waals surface area contributed by atoms with Crippen molar-refractivity contribution in [3.8, 4) is 0 Å². The summed E-state index contributed by atoms with van der Waals surface area (Å²) >= 11 is 1.78. The van der Waals surface area contributed by atoms with Gasteiger partial charge in [0.15, 0.2) is 5.82 Å². The Morgan fingerprint density at radius 1 is 1.50 bits per heavy atom. The van der Waals surface area contributed by atoms with Crippen LogP contribution in [0.25, 0.3) is 0 Å². The summed E-state index contributed by atoms with van der Waals surface area (Å²) in [5, 5.41) is 9.70. The number of methoxy groups -OCH3 is 1. The second kappa shape index (κ2) is 6.52. The van der Waals surface area contributed by atoms with Crippen molar-refractivity contribution in [1.29, 1.82) is 0 Å². The van der Waals surface area contributed by atoms with Crippen LogP contribution in [0.5, 0.6) is 0 Å². The molecule has 2 aliphatic heterocycles. The molecule has 128 valence electrons. The molecule has 4 heterocycles. The molecule has 2 aromatic rings. The molecule has 0 saturated heterocycles. The fourth-order valence-electron chi connectivity index (χ4n) is 3.39. The van der Waals surface area contributed by atoms with E-state index in [4.69, 9.17) is 4.74 Å². The number of hydrogen-bond acceptors (Lipinski definition) is 5. The van der Waals surface area contributed by atoms with Crippen molar-refractivity contribution >= 4 is 17.4 Å². The largest absolute Gasteiger partial charge is 0.377 e. The molecule has 0 aromatic carbocycles. The Morgan fingerprint density at radius 3 is 3.29 bits per heavy atom. The third-order valence-electron chi connectivity index (χ3n) is 4.58. The first-order valence-electron chi connectivity index (χ1n) is 8.28. The van der Waals surface area contributed by atoms with Gasteiger partial charge in [0.2, 0.25) is 0 Å². The summed E-state index contributed by atoms with van der Waals surface area (Å²) in [6.07, 6.45) is 2.83. The van der Waals surface area contributed by atoms with Gasteiger partial charge in [0, 0.05) is 31.6 Å². The highest BCUT2D eigenvalue weighted by molar-refractivity contribution is 7.10. The molecule has 1 N–H and O–H groups in total. The van der Waals surface area contributed by atoms with Crippen LogP contribution in [0, 0.1) is 0 Å². The zero-order valence-electron chi connectivity index (χ0n) is 13.7. The second-order valence-corrected chi connectivity index (χ2v) is 7.23. The first kappa shape index (κ1) is 15.6. The number of amides is 2. The van der Waals surface area contributed by atoms with Crippen LogP contribution < -0.4 is 5.32 Å². The van der Waals surface area contributed by atoms with E-state index in [0.29, 0.717) is 19.0 Å². The van der Waals surface area contributed by atoms with Crippen LogP contribution in [0.4, 0.5) is 4.79 Å². The van der Waals surface area contributed by atoms with Crippen LogP contribution in [0.1, 0.15) is 41.0 Å². The number of aryl methyl sites for hydroxylation is 1. The highest BCUT2D eigenvalue weighted by Crippen LogP contribution is 2.26. The quantitative estimate of drug-likeness (QED) is 0.923. The number of urea groups is 1. The first-order valence-corrected chi connectivity index (χ1v) is 9.16. The molecule has 0 spiro atoms. The molecule has 7 nitrogen and oxygen atoms in total. The second-order valence-electron chi connectivity index (χ2n) is 6.23. The topological polar surface area (TPSA) is 72.3 Å². The van der Waals surface area contributed by atoms with Crippen molar-refractivity contribution < 1.29 is 9.53 Å². The third kappa shape index (κ3) is 2.91. The Kier molecular flexibility index (Phi) is 4.24. The Balaban J connectivity index is 1.45. The van der Waals surface area contributed by atoms with E-state index in [1.807, 2.05) is 9.58 Å². The molecule has 4 rings (SSSR count). The molecular weight excluding hydrogens is 326 g/mol. The van der Waals surface area contributed by atoms with E-state index in [2.05, 4.69) is 26.8 Å². The van der Waals surface area contributed by atoms with Crippen molar-refractivity contribution in [3.05, 3.63) is 33.5 Å². The summed E-state index contributed by atoms with van der Waals surface area (Å²) in [5.74, 6) is 1.52. The van der Waals surface area contributed by atoms with Gasteiger partial charge < -0.3 is 15.0 Å². The number of ether oxygens (including phenoxy) is 1. The van der Waals surface area contributed by atoms with Gasteiger partial charge in [-0.3, -0.25) is 0 Å². The standard InChI is InChI=1S/C16H21N5O2S/c1-23-10-14-18-15-12(3-2-6-21(15)19-14)17-16(22)20-7-4-13-11(9-20)5-8-24-13/h5,8,12H,2-4,6-7,9-10H2,1H3,(H,17,22)/t12-/m1/s1. The Morgan fingerprint density at radius 2 is 2.42 bits per heavy atom. The van der Waals surface area contributed by atoms with E-state index in [-0.39, 0.29) is 12.1 Å². The molecule has 2 amide bonds. The Labute approximate surface area is 144 Å². The molecule has 1 atom stereocenters. The monoisotopic (exact) mass is 347 g/mol. The van der Waals surface area contributed by atoms with Gasteiger partial charge in [-0.2, -0.15) is 5.10 Å². The van der Waals surface area contributed by atoms with Gasteiger partial charge in [-0.05, 0) is 36.3 Å². The zero-order valence-corrected chi connectivity index (χ0v) is 14.5. The van der Waals surface area contributed by atoms with Crippen LogP contribution >= 0.6 is 11.3 Å². The van der Waals surface area contributed by atoms with Crippen LogP contribution in [0.3, 0.4) is 0 Å². The molecule has 0 saturated carbocycles. The SMILES string of the molecule is COCc1nc2n(n1)CCC[C@H]2NC(=O)N1CCc2sccc2C1. The molecule has 2 aromatic heterocycles. The smallest absolute Gasteiger partial charge is 0.318 e. The number of carbonyl (C=O) groups excluding carboxylic acids is 1. The number of thiophene rings is 1. The lowest BCUT2D eigenvalue weighted by atomic mass is 10.1. The van der Waals surface area contributed by atoms with Crippen molar-refractivity contribution in [2.45, 2.75) is 45.0 Å². The predicted octanol–water partition coefficient (Wildman–Crippen LogP) is 2.09. The van der Waals surface area contributed by atoms with E-state index in [9.17, 15) is 4.79 Å². The average Bonchev–Trinajstić information content (AvgIpc) is 3.20. The van der Waals surface area contributed by atoms with Gasteiger partial charge >= 0.3 is 6.03 Å². The van der Waals surface area contributed by atoms with E-state index < -0.39 is 0 Å². The highest BCUT2D eigenvalue weighted by atomic mass is 32.1. The molecule has 0 unspecified atom stereocenters. The Hall–Kier alpha value is -1.93. The maximum Gasteiger partial charge on any atom is 0.318 e. The van der Waals surface area contributed by atoms with E-state index >= 15 is 0 Å². The number of carbonyl (C=O) groups is 1. The number of hydrogen-bond donors (Lipinski definition) is 1. The van der Waals surface area contributed by atoms with E-state index in [1.54, 1.807) is 18.4 Å². The van der Waals surface area contributed by atoms with Gasteiger partial charge in [0.25, 0.3) is 0 Å². The van der Waals surface area contributed by atoms with Gasteiger partial charge in [0.05, 0.1) is 6.04 Å². The predicted molar refractivity (Wildman–Crippen MR) is 89.7 cm³/mol. The van der Waals surface area contributed by atoms with E-state index in [1.165, 1.54) is 10.4 Å². The fourth-order valence-corrected chi connectivity index (χ4v) is 4.28. The molecule has 8 heteroatoms. The number of rotatable bonds is 3. The van der Waals surface area contributed by atoms with Crippen LogP contribution in [-0.2, 0) is 30.9 Å². The minimum absolute atomic E-state index is 0.0124. The molecule has 0 radical (unpaired) electrons. The fraction of sp³-hybridized carbons (Fsp3) is 0.562. The van der Waals surface area contributed by atoms with Crippen molar-refractivity contribution in [1.82, 2.24) is 25.0 Å². The molecule has 0 aliphatic carbocycles. The maximum absolute atomic E-state index is 12.7. The zero-order chi connectivity index (χ0) is 16.5. The number of nitrogens with one attached hydrogen (secondary N) is 1. The minimum atomic E-state index is -0.0757. The molecular formula is C16H21N5O2S. The summed E-state index contributed by atoms with van der Waals surface area (Å²) in [4.78, 5) is 20.5. The van der Waals surface area contributed by atoms with Gasteiger partial charge in [-0.25, -0.2) is 14.5 Å². The number of fused-ring (bicyclic) bond motifs is 2. The Bertz CT molecular complexity index is 741. The van der Waals surface area contributed by atoms with Crippen molar-refractivity contribution in [3.63, 3.8) is 0 Å². The number of nitrogens with zero attached hydrogens (tertiary/aromatic N) is 4. The lowest BCUT2D eigenvalue weighted by Gasteiger charge is -2.30. The highest BCUT2D eigenvalue weighted by Gasteiger charge is 2.28. The molecule has 0 fully saturated rings. The lowest BCUT2D eigenvalue weighted by molar-refractivity contribution is 0.177. The first-order chi connectivity index (χ1) is 11.7.